The molecule has 0 aliphatic heterocycles. The number of aromatic nitrogens is 6. The van der Waals surface area contributed by atoms with Gasteiger partial charge in [-0.25, -0.2) is 0 Å². The minimum Gasteiger partial charge on any atom is -0.281 e. The van der Waals surface area contributed by atoms with Crippen molar-refractivity contribution in [3.8, 4) is 11.5 Å². The van der Waals surface area contributed by atoms with Crippen LogP contribution >= 0.6 is 0 Å². The van der Waals surface area contributed by atoms with Crippen LogP contribution < -0.4 is 0 Å². The van der Waals surface area contributed by atoms with Crippen molar-refractivity contribution in [3.63, 3.8) is 0 Å². The molecule has 0 unspecified atom stereocenters. The van der Waals surface area contributed by atoms with E-state index in [0.29, 0.717) is 5.82 Å². The van der Waals surface area contributed by atoms with Crippen LogP contribution in [0.3, 0.4) is 0 Å². The van der Waals surface area contributed by atoms with Gasteiger partial charge in [0.1, 0.15) is 5.69 Å². The molecule has 2 heterocycles. The molecule has 2 aromatic rings. The van der Waals surface area contributed by atoms with E-state index in [0.717, 1.165) is 18.0 Å². The number of hydrogen-bond acceptors (Lipinski definition) is 4. The summed E-state index contributed by atoms with van der Waals surface area (Å²) < 4.78 is 0. The van der Waals surface area contributed by atoms with E-state index in [1.165, 1.54) is 17.7 Å². The second-order valence-corrected chi connectivity index (χ2v) is 4.81. The van der Waals surface area contributed by atoms with Crippen LogP contribution in [0.4, 0.5) is 0 Å². The Kier molecular flexibility index (Phi) is 1.51. The molecule has 17 heavy (non-hydrogen) atoms. The van der Waals surface area contributed by atoms with Gasteiger partial charge in [0.25, 0.3) is 0 Å². The lowest BCUT2D eigenvalue weighted by atomic mass is 10.0. The average Bonchev–Trinajstić information content (AvgIpc) is 2.79. The number of tetrazole rings is 1. The van der Waals surface area contributed by atoms with Crippen molar-refractivity contribution in [2.75, 3.05) is 0 Å². The Bertz CT molecular complexity index is 596. The summed E-state index contributed by atoms with van der Waals surface area (Å²) in [4.78, 5) is 0. The lowest BCUT2D eigenvalue weighted by Crippen LogP contribution is -2.02. The van der Waals surface area contributed by atoms with E-state index in [4.69, 9.17) is 0 Å². The number of hydrogen-bond donors (Lipinski definition) is 2. The van der Waals surface area contributed by atoms with E-state index in [1.807, 2.05) is 0 Å². The fraction of sp³-hybridized carbons (Fsp3) is 0.455. The van der Waals surface area contributed by atoms with Crippen LogP contribution in [-0.2, 0) is 11.8 Å². The average molecular weight is 228 g/mol. The van der Waals surface area contributed by atoms with Crippen molar-refractivity contribution < 1.29 is 0 Å². The largest absolute Gasteiger partial charge is 0.281 e. The summed E-state index contributed by atoms with van der Waals surface area (Å²) in [5.74, 6) is 1.31. The highest BCUT2D eigenvalue weighted by atomic mass is 15.5. The number of fused-ring (bicyclic) bond motifs is 3. The van der Waals surface area contributed by atoms with Gasteiger partial charge in [0.2, 0.25) is 5.82 Å². The highest BCUT2D eigenvalue weighted by Crippen LogP contribution is 2.63. The molecule has 0 aromatic carbocycles. The molecule has 0 saturated heterocycles. The first-order chi connectivity index (χ1) is 8.35. The Hall–Kier alpha value is -1.98. The maximum atomic E-state index is 4.34. The lowest BCUT2D eigenvalue weighted by Gasteiger charge is -2.04. The number of nitrogens with zero attached hydrogens (tertiary/aromatic N) is 4. The Morgan fingerprint density at radius 1 is 1.41 bits per heavy atom. The molecule has 2 aliphatic rings. The molecule has 0 radical (unpaired) electrons. The quantitative estimate of drug-likeness (QED) is 0.750. The third-order valence-electron chi connectivity index (χ3n) is 3.96. The van der Waals surface area contributed by atoms with Gasteiger partial charge in [-0.3, -0.25) is 5.10 Å². The van der Waals surface area contributed by atoms with Gasteiger partial charge in [0.05, 0.1) is 0 Å². The Labute approximate surface area is 97.5 Å². The highest BCUT2D eigenvalue weighted by Gasteiger charge is 2.60. The molecule has 0 bridgehead atoms. The van der Waals surface area contributed by atoms with E-state index in [1.54, 1.807) is 0 Å². The van der Waals surface area contributed by atoms with Gasteiger partial charge in [-0.2, -0.15) is 10.3 Å². The second kappa shape index (κ2) is 2.82. The van der Waals surface area contributed by atoms with Crippen molar-refractivity contribution in [2.45, 2.75) is 25.2 Å². The maximum absolute atomic E-state index is 4.34. The van der Waals surface area contributed by atoms with Gasteiger partial charge >= 0.3 is 0 Å². The normalized spacial score (nSPS) is 29.6. The van der Waals surface area contributed by atoms with Crippen molar-refractivity contribution in [3.05, 3.63) is 23.4 Å². The summed E-state index contributed by atoms with van der Waals surface area (Å²) in [6, 6.07) is 0. The summed E-state index contributed by atoms with van der Waals surface area (Å²) in [5.41, 5.74) is 3.59. The first-order valence-corrected chi connectivity index (χ1v) is 5.80. The molecule has 6 heteroatoms. The number of nitrogens with one attached hydrogen (secondary N) is 2. The van der Waals surface area contributed by atoms with Crippen LogP contribution in [-0.4, -0.2) is 30.8 Å². The monoisotopic (exact) mass is 228 g/mol. The molecule has 6 nitrogen and oxygen atoms in total. The van der Waals surface area contributed by atoms with Crippen LogP contribution in [0.2, 0.25) is 0 Å². The molecule has 4 rings (SSSR count). The van der Waals surface area contributed by atoms with Crippen molar-refractivity contribution in [1.82, 2.24) is 30.8 Å². The molecule has 0 spiro atoms. The summed E-state index contributed by atoms with van der Waals surface area (Å²) in [7, 11) is 0. The van der Waals surface area contributed by atoms with Crippen molar-refractivity contribution in [1.29, 1.82) is 0 Å². The molecule has 2 aliphatic carbocycles. The number of rotatable bonds is 2. The molecule has 2 atom stereocenters. The molecule has 86 valence electrons. The van der Waals surface area contributed by atoms with Crippen molar-refractivity contribution in [2.24, 2.45) is 5.92 Å². The summed E-state index contributed by atoms with van der Waals surface area (Å²) in [6.07, 6.45) is 6.73. The van der Waals surface area contributed by atoms with Crippen LogP contribution in [0.1, 0.15) is 24.6 Å². The third-order valence-corrected chi connectivity index (χ3v) is 3.96. The first kappa shape index (κ1) is 9.09. The predicted molar refractivity (Wildman–Crippen MR) is 60.1 cm³/mol. The fourth-order valence-corrected chi connectivity index (χ4v) is 3.14. The van der Waals surface area contributed by atoms with Crippen LogP contribution in [0.5, 0.6) is 0 Å². The smallest absolute Gasteiger partial charge is 0.225 e. The Morgan fingerprint density at radius 3 is 3.12 bits per heavy atom. The summed E-state index contributed by atoms with van der Waals surface area (Å²) >= 11 is 0. The molecule has 1 saturated carbocycles. The Morgan fingerprint density at radius 2 is 2.35 bits per heavy atom. The van der Waals surface area contributed by atoms with E-state index in [9.17, 15) is 0 Å². The highest BCUT2D eigenvalue weighted by molar-refractivity contribution is 5.62. The summed E-state index contributed by atoms with van der Waals surface area (Å²) in [6.45, 7) is 2.07. The van der Waals surface area contributed by atoms with Gasteiger partial charge < -0.3 is 0 Å². The van der Waals surface area contributed by atoms with Crippen LogP contribution in [0.25, 0.3) is 11.5 Å². The number of aromatic amines is 2. The first-order valence-electron chi connectivity index (χ1n) is 5.80. The molecular weight excluding hydrogens is 216 g/mol. The second-order valence-electron chi connectivity index (χ2n) is 4.81. The molecule has 1 fully saturated rings. The zero-order chi connectivity index (χ0) is 11.5. The van der Waals surface area contributed by atoms with E-state index >= 15 is 0 Å². The predicted octanol–water partition coefficient (Wildman–Crippen LogP) is 0.980. The zero-order valence-electron chi connectivity index (χ0n) is 9.44. The Balaban J connectivity index is 1.85. The van der Waals surface area contributed by atoms with Gasteiger partial charge in [-0.05, 0) is 30.9 Å². The van der Waals surface area contributed by atoms with E-state index in [-0.39, 0.29) is 5.41 Å². The van der Waals surface area contributed by atoms with Crippen LogP contribution in [0, 0.1) is 5.92 Å². The molecule has 2 aromatic heterocycles. The minimum absolute atomic E-state index is 0.221. The van der Waals surface area contributed by atoms with E-state index < -0.39 is 0 Å². The van der Waals surface area contributed by atoms with Gasteiger partial charge in [0, 0.05) is 16.7 Å². The van der Waals surface area contributed by atoms with Gasteiger partial charge in [-0.15, -0.1) is 10.2 Å². The zero-order valence-corrected chi connectivity index (χ0v) is 9.44. The van der Waals surface area contributed by atoms with Crippen molar-refractivity contribution >= 4 is 0 Å². The SMILES string of the molecule is C/C=C/[C@@]12C[C@H]1Cc1c(-c3nn[nH]n3)n[nH]c12. The fourth-order valence-electron chi connectivity index (χ4n) is 3.14. The van der Waals surface area contributed by atoms with E-state index in [2.05, 4.69) is 49.9 Å². The molecular formula is C11H12N6. The third kappa shape index (κ3) is 0.999. The minimum atomic E-state index is 0.221. The van der Waals surface area contributed by atoms with Crippen LogP contribution in [0.15, 0.2) is 12.2 Å². The number of H-pyrrole nitrogens is 2. The lowest BCUT2D eigenvalue weighted by molar-refractivity contribution is 0.752. The maximum Gasteiger partial charge on any atom is 0.225 e. The standard InChI is InChI=1S/C11H12N6/c1-2-3-11-5-6(11)4-7-8(12-13-9(7)11)10-14-16-17-15-10/h2-3,6H,4-5H2,1H3,(H,12,13)(H,14,15,16,17)/b3-2+/t6-,11-/m1/s1. The number of allylic oxidation sites excluding steroid dienone is 2. The molecule has 2 N–H and O–H groups in total. The molecule has 0 amide bonds. The van der Waals surface area contributed by atoms with Gasteiger partial charge in [-0.1, -0.05) is 12.2 Å². The summed E-state index contributed by atoms with van der Waals surface area (Å²) in [5, 5.41) is 21.6. The van der Waals surface area contributed by atoms with Gasteiger partial charge in [0.15, 0.2) is 0 Å². The topological polar surface area (TPSA) is 83.1 Å².